The van der Waals surface area contributed by atoms with Gasteiger partial charge in [-0.3, -0.25) is 14.4 Å². The standard InChI is InChI=1S/C20H29N3O8/c21-14(20(30)31)13(10-5-2-1-3-6-10)16(26)18(28)17(27)15(25)12(9-24)23-19(29)11-7-4-8-22-11/h1-3,5-6,11-15,17-18,22,24-25,27-28H,4,7-9,21H2,(H,23,29)(H,30,31)/t11-,12-,13?,14-,15+,17+,18+/m0/s1. The Labute approximate surface area is 178 Å². The van der Waals surface area contributed by atoms with Crippen LogP contribution >= 0.6 is 0 Å². The molecule has 1 aliphatic rings. The third-order valence-corrected chi connectivity index (χ3v) is 5.39. The van der Waals surface area contributed by atoms with Crippen LogP contribution in [0, 0.1) is 0 Å². The molecule has 1 heterocycles. The average molecular weight is 439 g/mol. The number of hydrogen-bond acceptors (Lipinski definition) is 9. The van der Waals surface area contributed by atoms with E-state index < -0.39 is 66.6 Å². The molecule has 2 rings (SSSR count). The maximum absolute atomic E-state index is 12.9. The number of nitrogens with two attached hydrogens (primary N) is 1. The van der Waals surface area contributed by atoms with Gasteiger partial charge in [0.25, 0.3) is 0 Å². The summed E-state index contributed by atoms with van der Waals surface area (Å²) >= 11 is 0. The second kappa shape index (κ2) is 11.3. The maximum Gasteiger partial charge on any atom is 0.321 e. The van der Waals surface area contributed by atoms with Gasteiger partial charge < -0.3 is 41.9 Å². The zero-order valence-electron chi connectivity index (χ0n) is 16.8. The van der Waals surface area contributed by atoms with Crippen molar-refractivity contribution in [1.82, 2.24) is 10.6 Å². The number of rotatable bonds is 11. The summed E-state index contributed by atoms with van der Waals surface area (Å²) in [6.45, 7) is -0.126. The first-order chi connectivity index (χ1) is 14.7. The first-order valence-electron chi connectivity index (χ1n) is 9.94. The predicted molar refractivity (Wildman–Crippen MR) is 108 cm³/mol. The molecule has 1 aromatic rings. The summed E-state index contributed by atoms with van der Waals surface area (Å²) in [6, 6.07) is 4.05. The molecule has 0 bridgehead atoms. The van der Waals surface area contributed by atoms with E-state index >= 15 is 0 Å². The molecular weight excluding hydrogens is 410 g/mol. The number of amides is 1. The Morgan fingerprint density at radius 3 is 2.29 bits per heavy atom. The van der Waals surface area contributed by atoms with E-state index in [4.69, 9.17) is 5.73 Å². The number of carbonyl (C=O) groups excluding carboxylic acids is 2. The van der Waals surface area contributed by atoms with Crippen molar-refractivity contribution in [3.63, 3.8) is 0 Å². The summed E-state index contributed by atoms with van der Waals surface area (Å²) in [5.74, 6) is -4.61. The van der Waals surface area contributed by atoms with E-state index in [9.17, 15) is 39.9 Å². The number of nitrogens with one attached hydrogen (secondary N) is 2. The highest BCUT2D eigenvalue weighted by Gasteiger charge is 2.42. The topological polar surface area (TPSA) is 202 Å². The highest BCUT2D eigenvalue weighted by atomic mass is 16.4. The van der Waals surface area contributed by atoms with Crippen molar-refractivity contribution in [2.45, 2.75) is 55.2 Å². The first kappa shape index (κ1) is 24.9. The average Bonchev–Trinajstić information content (AvgIpc) is 3.31. The highest BCUT2D eigenvalue weighted by molar-refractivity contribution is 5.95. The van der Waals surface area contributed by atoms with Gasteiger partial charge in [0, 0.05) is 0 Å². The summed E-state index contributed by atoms with van der Waals surface area (Å²) in [7, 11) is 0. The lowest BCUT2D eigenvalue weighted by Gasteiger charge is -2.31. The lowest BCUT2D eigenvalue weighted by atomic mass is 9.83. The molecule has 7 atom stereocenters. The third-order valence-electron chi connectivity index (χ3n) is 5.39. The Balaban J connectivity index is 2.15. The Morgan fingerprint density at radius 1 is 1.13 bits per heavy atom. The second-order valence-corrected chi connectivity index (χ2v) is 7.53. The van der Waals surface area contributed by atoms with Gasteiger partial charge in [0.05, 0.1) is 24.6 Å². The summed E-state index contributed by atoms with van der Waals surface area (Å²) < 4.78 is 0. The molecule has 0 spiro atoms. The summed E-state index contributed by atoms with van der Waals surface area (Å²) in [6.07, 6.45) is -4.90. The van der Waals surface area contributed by atoms with Crippen molar-refractivity contribution in [1.29, 1.82) is 0 Å². The highest BCUT2D eigenvalue weighted by Crippen LogP contribution is 2.23. The van der Waals surface area contributed by atoms with E-state index in [1.165, 1.54) is 12.1 Å². The smallest absolute Gasteiger partial charge is 0.321 e. The van der Waals surface area contributed by atoms with Crippen LogP contribution < -0.4 is 16.4 Å². The van der Waals surface area contributed by atoms with E-state index in [2.05, 4.69) is 10.6 Å². The molecule has 0 aromatic heterocycles. The first-order valence-corrected chi connectivity index (χ1v) is 9.94. The van der Waals surface area contributed by atoms with Crippen molar-refractivity contribution >= 4 is 17.7 Å². The summed E-state index contributed by atoms with van der Waals surface area (Å²) in [5, 5.41) is 55.3. The number of ketones is 1. The van der Waals surface area contributed by atoms with Gasteiger partial charge in [0.15, 0.2) is 5.78 Å². The van der Waals surface area contributed by atoms with Crippen molar-refractivity contribution in [3.05, 3.63) is 35.9 Å². The summed E-state index contributed by atoms with van der Waals surface area (Å²) in [4.78, 5) is 36.5. The van der Waals surface area contributed by atoms with Crippen molar-refractivity contribution in [3.8, 4) is 0 Å². The van der Waals surface area contributed by atoms with Crippen LogP contribution in [0.25, 0.3) is 0 Å². The molecule has 31 heavy (non-hydrogen) atoms. The normalized spacial score (nSPS) is 22.0. The zero-order valence-corrected chi connectivity index (χ0v) is 16.8. The number of hydrogen-bond donors (Lipinski definition) is 8. The molecular formula is C20H29N3O8. The second-order valence-electron chi connectivity index (χ2n) is 7.53. The van der Waals surface area contributed by atoms with Gasteiger partial charge in [-0.15, -0.1) is 0 Å². The van der Waals surface area contributed by atoms with Crippen LogP contribution in [-0.2, 0) is 14.4 Å². The van der Waals surface area contributed by atoms with Crippen LogP contribution in [0.2, 0.25) is 0 Å². The van der Waals surface area contributed by atoms with Crippen LogP contribution in [0.4, 0.5) is 0 Å². The van der Waals surface area contributed by atoms with Crippen molar-refractivity contribution in [2.75, 3.05) is 13.2 Å². The van der Waals surface area contributed by atoms with Crippen LogP contribution in [-0.4, -0.2) is 92.8 Å². The molecule has 1 aliphatic heterocycles. The number of benzene rings is 1. The number of carboxylic acids is 1. The Hall–Kier alpha value is -2.41. The number of carboxylic acid groups (broad SMARTS) is 1. The molecule has 1 amide bonds. The fourth-order valence-electron chi connectivity index (χ4n) is 3.56. The van der Waals surface area contributed by atoms with Gasteiger partial charge >= 0.3 is 5.97 Å². The van der Waals surface area contributed by atoms with E-state index in [1.807, 2.05) is 0 Å². The lowest BCUT2D eigenvalue weighted by Crippen LogP contribution is -2.58. The lowest BCUT2D eigenvalue weighted by molar-refractivity contribution is -0.148. The van der Waals surface area contributed by atoms with Gasteiger partial charge in [0.2, 0.25) is 5.91 Å². The van der Waals surface area contributed by atoms with Gasteiger partial charge in [-0.25, -0.2) is 0 Å². The molecule has 11 heteroatoms. The Morgan fingerprint density at radius 2 is 1.77 bits per heavy atom. The molecule has 9 N–H and O–H groups in total. The molecule has 1 aromatic carbocycles. The molecule has 11 nitrogen and oxygen atoms in total. The van der Waals surface area contributed by atoms with Gasteiger partial charge in [-0.05, 0) is 24.9 Å². The quantitative estimate of drug-likeness (QED) is 0.176. The minimum absolute atomic E-state index is 0.211. The molecule has 1 saturated heterocycles. The number of aliphatic carboxylic acids is 1. The number of Topliss-reactive ketones (excluding diaryl/α,β-unsaturated/α-hetero) is 1. The SMILES string of the molecule is N[C@H](C(=O)O)C(C(=O)[C@@H](O)[C@H](O)[C@H](O)[C@H](CO)NC(=O)[C@@H]1CCCN1)c1ccccc1. The minimum atomic E-state index is -2.22. The van der Waals surface area contributed by atoms with Crippen molar-refractivity contribution in [2.24, 2.45) is 5.73 Å². The van der Waals surface area contributed by atoms with E-state index in [0.29, 0.717) is 13.0 Å². The van der Waals surface area contributed by atoms with Gasteiger partial charge in [0.1, 0.15) is 24.4 Å². The Kier molecular flexibility index (Phi) is 9.04. The molecule has 1 fully saturated rings. The zero-order chi connectivity index (χ0) is 23.1. The number of aliphatic hydroxyl groups is 4. The number of carbonyl (C=O) groups is 3. The summed E-state index contributed by atoms with van der Waals surface area (Å²) in [5.41, 5.74) is 5.86. The van der Waals surface area contributed by atoms with Crippen LogP contribution in [0.15, 0.2) is 30.3 Å². The van der Waals surface area contributed by atoms with Crippen molar-refractivity contribution < 1.29 is 39.9 Å². The molecule has 0 saturated carbocycles. The van der Waals surface area contributed by atoms with Crippen LogP contribution in [0.5, 0.6) is 0 Å². The fraction of sp³-hybridized carbons (Fsp3) is 0.550. The van der Waals surface area contributed by atoms with Crippen LogP contribution in [0.1, 0.15) is 24.3 Å². The van der Waals surface area contributed by atoms with Crippen LogP contribution in [0.3, 0.4) is 0 Å². The van der Waals surface area contributed by atoms with E-state index in [0.717, 1.165) is 6.42 Å². The fourth-order valence-corrected chi connectivity index (χ4v) is 3.56. The molecule has 1 unspecified atom stereocenters. The Bertz CT molecular complexity index is 756. The monoisotopic (exact) mass is 439 g/mol. The number of aliphatic hydroxyl groups excluding tert-OH is 4. The minimum Gasteiger partial charge on any atom is -0.480 e. The van der Waals surface area contributed by atoms with E-state index in [-0.39, 0.29) is 5.56 Å². The van der Waals surface area contributed by atoms with E-state index in [1.54, 1.807) is 18.2 Å². The van der Waals surface area contributed by atoms with Gasteiger partial charge in [-0.2, -0.15) is 0 Å². The largest absolute Gasteiger partial charge is 0.480 e. The molecule has 0 radical (unpaired) electrons. The molecule has 172 valence electrons. The third kappa shape index (κ3) is 6.06. The maximum atomic E-state index is 12.9. The van der Waals surface area contributed by atoms with Gasteiger partial charge in [-0.1, -0.05) is 30.3 Å². The molecule has 0 aliphatic carbocycles. The predicted octanol–water partition coefficient (Wildman–Crippen LogP) is -2.94.